The summed E-state index contributed by atoms with van der Waals surface area (Å²) in [7, 11) is 0. The third kappa shape index (κ3) is 2.80. The van der Waals surface area contributed by atoms with Gasteiger partial charge in [0, 0.05) is 13.0 Å². The molecule has 8 heteroatoms. The third-order valence-electron chi connectivity index (χ3n) is 3.61. The SMILES string of the molecule is c1csc(-c2nc(CSc3nnc4n3CCCCC4)no2)c1. The summed E-state index contributed by atoms with van der Waals surface area (Å²) in [5.41, 5.74) is 0. The van der Waals surface area contributed by atoms with Crippen LogP contribution in [0, 0.1) is 0 Å². The number of aromatic nitrogens is 5. The van der Waals surface area contributed by atoms with Crippen molar-refractivity contribution in [2.75, 3.05) is 0 Å². The monoisotopic (exact) mass is 333 g/mol. The summed E-state index contributed by atoms with van der Waals surface area (Å²) >= 11 is 3.22. The van der Waals surface area contributed by atoms with E-state index in [2.05, 4.69) is 24.9 Å². The third-order valence-corrected chi connectivity index (χ3v) is 5.43. The van der Waals surface area contributed by atoms with Crippen LogP contribution < -0.4 is 0 Å². The lowest BCUT2D eigenvalue weighted by Crippen LogP contribution is -2.02. The lowest BCUT2D eigenvalue weighted by atomic mass is 10.2. The molecule has 0 aromatic carbocycles. The second-order valence-electron chi connectivity index (χ2n) is 5.14. The van der Waals surface area contributed by atoms with Crippen molar-refractivity contribution in [2.45, 2.75) is 43.1 Å². The summed E-state index contributed by atoms with van der Waals surface area (Å²) < 4.78 is 7.54. The number of thioether (sulfide) groups is 1. The highest BCUT2D eigenvalue weighted by molar-refractivity contribution is 7.98. The number of thiophene rings is 1. The molecule has 1 aliphatic heterocycles. The van der Waals surface area contributed by atoms with Gasteiger partial charge in [-0.3, -0.25) is 0 Å². The summed E-state index contributed by atoms with van der Waals surface area (Å²) in [6, 6.07) is 3.96. The molecule has 0 aliphatic carbocycles. The minimum atomic E-state index is 0.589. The van der Waals surface area contributed by atoms with E-state index in [1.54, 1.807) is 23.1 Å². The van der Waals surface area contributed by atoms with Crippen molar-refractivity contribution in [3.63, 3.8) is 0 Å². The predicted molar refractivity (Wildman–Crippen MR) is 84.7 cm³/mol. The fraction of sp³-hybridized carbons (Fsp3) is 0.429. The molecule has 22 heavy (non-hydrogen) atoms. The Morgan fingerprint density at radius 3 is 3.18 bits per heavy atom. The maximum atomic E-state index is 5.30. The zero-order valence-corrected chi connectivity index (χ0v) is 13.6. The first-order valence-corrected chi connectivity index (χ1v) is 9.18. The summed E-state index contributed by atoms with van der Waals surface area (Å²) in [6.45, 7) is 1.01. The molecule has 4 heterocycles. The van der Waals surface area contributed by atoms with E-state index in [1.165, 1.54) is 19.3 Å². The van der Waals surface area contributed by atoms with E-state index in [-0.39, 0.29) is 0 Å². The molecular weight excluding hydrogens is 318 g/mol. The normalized spacial score (nSPS) is 14.7. The lowest BCUT2D eigenvalue weighted by Gasteiger charge is -2.04. The molecule has 0 fully saturated rings. The zero-order valence-electron chi connectivity index (χ0n) is 11.9. The topological polar surface area (TPSA) is 69.6 Å². The molecule has 0 radical (unpaired) electrons. The Bertz CT molecular complexity index is 749. The Kier molecular flexibility index (Phi) is 3.94. The molecule has 0 saturated carbocycles. The van der Waals surface area contributed by atoms with E-state index < -0.39 is 0 Å². The first-order chi connectivity index (χ1) is 10.9. The highest BCUT2D eigenvalue weighted by atomic mass is 32.2. The molecule has 1 aliphatic rings. The predicted octanol–water partition coefficient (Wildman–Crippen LogP) is 3.41. The molecule has 4 rings (SSSR count). The maximum absolute atomic E-state index is 5.30. The molecule has 114 valence electrons. The quantitative estimate of drug-likeness (QED) is 0.682. The van der Waals surface area contributed by atoms with Gasteiger partial charge in [-0.05, 0) is 24.3 Å². The standard InChI is InChI=1S/C14H15N5OS2/c1-2-6-12-16-17-14(19(12)7-3-1)22-9-11-15-13(20-18-11)10-5-4-8-21-10/h4-5,8H,1-3,6-7,9H2. The molecule has 0 spiro atoms. The number of rotatable bonds is 4. The van der Waals surface area contributed by atoms with Crippen molar-refractivity contribution in [1.82, 2.24) is 24.9 Å². The average Bonchev–Trinajstić information content (AvgIpc) is 3.24. The van der Waals surface area contributed by atoms with E-state index in [4.69, 9.17) is 4.52 Å². The number of hydrogen-bond acceptors (Lipinski definition) is 7. The van der Waals surface area contributed by atoms with Gasteiger partial charge in [-0.15, -0.1) is 21.5 Å². The van der Waals surface area contributed by atoms with Crippen LogP contribution in [0.5, 0.6) is 0 Å². The molecule has 0 amide bonds. The molecule has 0 unspecified atom stereocenters. The van der Waals surface area contributed by atoms with Gasteiger partial charge in [-0.2, -0.15) is 4.98 Å². The molecule has 0 saturated heterocycles. The first-order valence-electron chi connectivity index (χ1n) is 7.31. The van der Waals surface area contributed by atoms with E-state index in [0.717, 1.165) is 28.8 Å². The Balaban J connectivity index is 1.46. The zero-order chi connectivity index (χ0) is 14.8. The van der Waals surface area contributed by atoms with Crippen molar-refractivity contribution in [1.29, 1.82) is 0 Å². The van der Waals surface area contributed by atoms with Crippen LogP contribution in [0.15, 0.2) is 27.2 Å². The van der Waals surface area contributed by atoms with Gasteiger partial charge in [0.15, 0.2) is 11.0 Å². The molecule has 6 nitrogen and oxygen atoms in total. The van der Waals surface area contributed by atoms with Crippen LogP contribution in [0.1, 0.15) is 30.9 Å². The van der Waals surface area contributed by atoms with E-state index in [9.17, 15) is 0 Å². The van der Waals surface area contributed by atoms with Crippen LogP contribution in [0.3, 0.4) is 0 Å². The minimum absolute atomic E-state index is 0.589. The van der Waals surface area contributed by atoms with E-state index in [0.29, 0.717) is 17.5 Å². The Morgan fingerprint density at radius 1 is 1.27 bits per heavy atom. The van der Waals surface area contributed by atoms with Gasteiger partial charge in [0.25, 0.3) is 5.89 Å². The van der Waals surface area contributed by atoms with Crippen LogP contribution >= 0.6 is 23.1 Å². The number of aryl methyl sites for hydroxylation is 1. The number of hydrogen-bond donors (Lipinski definition) is 0. The van der Waals surface area contributed by atoms with Gasteiger partial charge in [-0.1, -0.05) is 29.4 Å². The van der Waals surface area contributed by atoms with Crippen LogP contribution in [-0.4, -0.2) is 24.9 Å². The van der Waals surface area contributed by atoms with Gasteiger partial charge < -0.3 is 9.09 Å². The van der Waals surface area contributed by atoms with Crippen molar-refractivity contribution < 1.29 is 4.52 Å². The smallest absolute Gasteiger partial charge is 0.268 e. The number of nitrogens with zero attached hydrogens (tertiary/aromatic N) is 5. The van der Waals surface area contributed by atoms with Crippen molar-refractivity contribution in [2.24, 2.45) is 0 Å². The van der Waals surface area contributed by atoms with Crippen LogP contribution in [0.4, 0.5) is 0 Å². The van der Waals surface area contributed by atoms with Crippen molar-refractivity contribution in [3.05, 3.63) is 29.2 Å². The lowest BCUT2D eigenvalue weighted by molar-refractivity contribution is 0.426. The highest BCUT2D eigenvalue weighted by Crippen LogP contribution is 2.26. The largest absolute Gasteiger partial charge is 0.333 e. The minimum Gasteiger partial charge on any atom is -0.333 e. The molecule has 0 atom stereocenters. The maximum Gasteiger partial charge on any atom is 0.268 e. The van der Waals surface area contributed by atoms with Gasteiger partial charge in [-0.25, -0.2) is 0 Å². The van der Waals surface area contributed by atoms with Gasteiger partial charge in [0.2, 0.25) is 0 Å². The Hall–Kier alpha value is -1.67. The second kappa shape index (κ2) is 6.21. The van der Waals surface area contributed by atoms with Crippen LogP contribution in [0.25, 0.3) is 10.8 Å². The van der Waals surface area contributed by atoms with Gasteiger partial charge in [0.05, 0.1) is 10.6 Å². The fourth-order valence-electron chi connectivity index (χ4n) is 2.51. The highest BCUT2D eigenvalue weighted by Gasteiger charge is 2.16. The van der Waals surface area contributed by atoms with Crippen molar-refractivity contribution >= 4 is 23.1 Å². The Morgan fingerprint density at radius 2 is 2.27 bits per heavy atom. The second-order valence-corrected chi connectivity index (χ2v) is 7.03. The summed E-state index contributed by atoms with van der Waals surface area (Å²) in [6.07, 6.45) is 4.70. The van der Waals surface area contributed by atoms with E-state index >= 15 is 0 Å². The molecule has 3 aromatic heterocycles. The van der Waals surface area contributed by atoms with E-state index in [1.807, 2.05) is 17.5 Å². The first kappa shape index (κ1) is 14.0. The van der Waals surface area contributed by atoms with Crippen LogP contribution in [-0.2, 0) is 18.7 Å². The summed E-state index contributed by atoms with van der Waals surface area (Å²) in [4.78, 5) is 5.44. The molecule has 3 aromatic rings. The Labute approximate surface area is 136 Å². The van der Waals surface area contributed by atoms with Crippen molar-refractivity contribution in [3.8, 4) is 10.8 Å². The summed E-state index contributed by atoms with van der Waals surface area (Å²) in [5.74, 6) is 3.03. The molecule has 0 bridgehead atoms. The summed E-state index contributed by atoms with van der Waals surface area (Å²) in [5, 5.41) is 15.6. The van der Waals surface area contributed by atoms with Gasteiger partial charge in [0.1, 0.15) is 5.82 Å². The fourth-order valence-corrected chi connectivity index (χ4v) is 3.98. The average molecular weight is 333 g/mol. The molecule has 0 N–H and O–H groups in total. The number of fused-ring (bicyclic) bond motifs is 1. The van der Waals surface area contributed by atoms with Gasteiger partial charge >= 0.3 is 0 Å². The molecular formula is C14H15N5OS2. The van der Waals surface area contributed by atoms with Crippen LogP contribution in [0.2, 0.25) is 0 Å².